The van der Waals surface area contributed by atoms with Crippen LogP contribution in [0.25, 0.3) is 0 Å². The van der Waals surface area contributed by atoms with Crippen molar-refractivity contribution in [1.82, 2.24) is 5.32 Å². The summed E-state index contributed by atoms with van der Waals surface area (Å²) in [5.41, 5.74) is 2.02. The number of hydrogen-bond acceptors (Lipinski definition) is 2. The van der Waals surface area contributed by atoms with Crippen molar-refractivity contribution in [3.63, 3.8) is 0 Å². The van der Waals surface area contributed by atoms with Gasteiger partial charge in [0.15, 0.2) is 0 Å². The standard InChI is InChI=1S/C18H28N2O2/c1-3-4-5-9-17(21)10-7-6-8-15-11-13-16(14-12-15)20-18(22)19-2/h11-14H,3-10H2,1-2H3,(H2,19,20,22). The summed E-state index contributed by atoms with van der Waals surface area (Å²) in [6.07, 6.45) is 7.77. The van der Waals surface area contributed by atoms with Crippen LogP contribution in [-0.2, 0) is 11.2 Å². The molecule has 0 aliphatic rings. The first kappa shape index (κ1) is 18.2. The molecule has 0 unspecified atom stereocenters. The molecule has 4 nitrogen and oxygen atoms in total. The number of rotatable bonds is 10. The van der Waals surface area contributed by atoms with Gasteiger partial charge in [0.1, 0.15) is 5.78 Å². The molecule has 0 atom stereocenters. The zero-order chi connectivity index (χ0) is 16.2. The minimum absolute atomic E-state index is 0.214. The van der Waals surface area contributed by atoms with Crippen molar-refractivity contribution >= 4 is 17.5 Å². The fourth-order valence-corrected chi connectivity index (χ4v) is 2.30. The van der Waals surface area contributed by atoms with Crippen LogP contribution in [0, 0.1) is 0 Å². The second-order valence-corrected chi connectivity index (χ2v) is 5.60. The molecule has 0 aliphatic carbocycles. The molecule has 0 fully saturated rings. The molecule has 0 aliphatic heterocycles. The molecule has 22 heavy (non-hydrogen) atoms. The summed E-state index contributed by atoms with van der Waals surface area (Å²) in [4.78, 5) is 22.8. The molecule has 0 heterocycles. The van der Waals surface area contributed by atoms with Gasteiger partial charge in [-0.15, -0.1) is 0 Å². The summed E-state index contributed by atoms with van der Waals surface area (Å²) in [6, 6.07) is 7.64. The Hall–Kier alpha value is -1.84. The van der Waals surface area contributed by atoms with Crippen LogP contribution in [0.4, 0.5) is 10.5 Å². The molecule has 2 N–H and O–H groups in total. The molecule has 0 spiro atoms. The van der Waals surface area contributed by atoms with Crippen molar-refractivity contribution in [1.29, 1.82) is 0 Å². The van der Waals surface area contributed by atoms with Gasteiger partial charge >= 0.3 is 6.03 Å². The lowest BCUT2D eigenvalue weighted by Gasteiger charge is -2.06. The summed E-state index contributed by atoms with van der Waals surface area (Å²) in [7, 11) is 1.59. The fourth-order valence-electron chi connectivity index (χ4n) is 2.30. The second kappa shape index (κ2) is 10.8. The third kappa shape index (κ3) is 7.81. The minimum atomic E-state index is -0.214. The Morgan fingerprint density at radius 3 is 2.18 bits per heavy atom. The summed E-state index contributed by atoms with van der Waals surface area (Å²) < 4.78 is 0. The van der Waals surface area contributed by atoms with Crippen molar-refractivity contribution < 1.29 is 9.59 Å². The van der Waals surface area contributed by atoms with E-state index in [1.165, 1.54) is 5.56 Å². The van der Waals surface area contributed by atoms with Crippen molar-refractivity contribution in [2.45, 2.75) is 58.3 Å². The molecule has 1 rings (SSSR count). The van der Waals surface area contributed by atoms with Gasteiger partial charge in [0, 0.05) is 25.6 Å². The van der Waals surface area contributed by atoms with Crippen LogP contribution in [0.1, 0.15) is 57.4 Å². The van der Waals surface area contributed by atoms with Crippen molar-refractivity contribution in [2.75, 3.05) is 12.4 Å². The van der Waals surface area contributed by atoms with Gasteiger partial charge in [0.25, 0.3) is 0 Å². The number of nitrogens with one attached hydrogen (secondary N) is 2. The van der Waals surface area contributed by atoms with E-state index in [9.17, 15) is 9.59 Å². The lowest BCUT2D eigenvalue weighted by molar-refractivity contribution is -0.119. The number of carbonyl (C=O) groups is 2. The summed E-state index contributed by atoms with van der Waals surface area (Å²) >= 11 is 0. The lowest BCUT2D eigenvalue weighted by Crippen LogP contribution is -2.24. The highest BCUT2D eigenvalue weighted by Gasteiger charge is 2.02. The first-order valence-electron chi connectivity index (χ1n) is 8.25. The normalized spacial score (nSPS) is 10.3. The van der Waals surface area contributed by atoms with Crippen LogP contribution in [0.15, 0.2) is 24.3 Å². The van der Waals surface area contributed by atoms with Gasteiger partial charge in [-0.3, -0.25) is 4.79 Å². The fraction of sp³-hybridized carbons (Fsp3) is 0.556. The van der Waals surface area contributed by atoms with E-state index >= 15 is 0 Å². The van der Waals surface area contributed by atoms with Gasteiger partial charge in [-0.2, -0.15) is 0 Å². The summed E-state index contributed by atoms with van der Waals surface area (Å²) in [5, 5.41) is 5.25. The molecular formula is C18H28N2O2. The van der Waals surface area contributed by atoms with Crippen LogP contribution in [-0.4, -0.2) is 18.9 Å². The maximum Gasteiger partial charge on any atom is 0.318 e. The maximum absolute atomic E-state index is 11.7. The predicted molar refractivity (Wildman–Crippen MR) is 91.2 cm³/mol. The number of unbranched alkanes of at least 4 members (excludes halogenated alkanes) is 3. The predicted octanol–water partition coefficient (Wildman–Crippen LogP) is 4.30. The van der Waals surface area contributed by atoms with Crippen LogP contribution in [0.2, 0.25) is 0 Å². The second-order valence-electron chi connectivity index (χ2n) is 5.60. The molecular weight excluding hydrogens is 276 g/mol. The van der Waals surface area contributed by atoms with E-state index < -0.39 is 0 Å². The number of anilines is 1. The van der Waals surface area contributed by atoms with Crippen LogP contribution >= 0.6 is 0 Å². The number of benzene rings is 1. The highest BCUT2D eigenvalue weighted by Crippen LogP contribution is 2.13. The van der Waals surface area contributed by atoms with Gasteiger partial charge in [-0.05, 0) is 43.4 Å². The molecule has 0 aromatic heterocycles. The van der Waals surface area contributed by atoms with E-state index in [0.29, 0.717) is 12.2 Å². The molecule has 0 saturated heterocycles. The Morgan fingerprint density at radius 1 is 0.955 bits per heavy atom. The first-order chi connectivity index (χ1) is 10.7. The number of Topliss-reactive ketones (excluding diaryl/α,β-unsaturated/α-hetero) is 1. The third-order valence-electron chi connectivity index (χ3n) is 3.67. The SMILES string of the molecule is CCCCCC(=O)CCCCc1ccc(NC(=O)NC)cc1. The minimum Gasteiger partial charge on any atom is -0.341 e. The highest BCUT2D eigenvalue weighted by molar-refractivity contribution is 5.88. The zero-order valence-electron chi connectivity index (χ0n) is 13.8. The molecule has 122 valence electrons. The van der Waals surface area contributed by atoms with E-state index in [0.717, 1.165) is 50.6 Å². The average molecular weight is 304 g/mol. The molecule has 0 saturated carbocycles. The van der Waals surface area contributed by atoms with Crippen molar-refractivity contribution in [3.8, 4) is 0 Å². The highest BCUT2D eigenvalue weighted by atomic mass is 16.2. The lowest BCUT2D eigenvalue weighted by atomic mass is 10.0. The molecule has 0 radical (unpaired) electrons. The van der Waals surface area contributed by atoms with Gasteiger partial charge in [0.05, 0.1) is 0 Å². The van der Waals surface area contributed by atoms with Crippen molar-refractivity contribution in [3.05, 3.63) is 29.8 Å². The monoisotopic (exact) mass is 304 g/mol. The Morgan fingerprint density at radius 2 is 1.59 bits per heavy atom. The number of aryl methyl sites for hydroxylation is 1. The van der Waals surface area contributed by atoms with Gasteiger partial charge in [-0.25, -0.2) is 4.79 Å². The zero-order valence-corrected chi connectivity index (χ0v) is 13.8. The Bertz CT molecular complexity index is 455. The number of ketones is 1. The molecule has 4 heteroatoms. The average Bonchev–Trinajstić information content (AvgIpc) is 2.53. The number of hydrogen-bond donors (Lipinski definition) is 2. The van der Waals surface area contributed by atoms with Crippen LogP contribution in [0.5, 0.6) is 0 Å². The number of carbonyl (C=O) groups excluding carboxylic acids is 2. The van der Waals surface area contributed by atoms with E-state index in [1.807, 2.05) is 24.3 Å². The Kier molecular flexibility index (Phi) is 8.96. The summed E-state index contributed by atoms with van der Waals surface area (Å²) in [6.45, 7) is 2.15. The van der Waals surface area contributed by atoms with Crippen LogP contribution < -0.4 is 10.6 Å². The van der Waals surface area contributed by atoms with E-state index in [4.69, 9.17) is 0 Å². The smallest absolute Gasteiger partial charge is 0.318 e. The third-order valence-corrected chi connectivity index (χ3v) is 3.67. The topological polar surface area (TPSA) is 58.2 Å². The Balaban J connectivity index is 2.19. The molecule has 0 bridgehead atoms. The van der Waals surface area contributed by atoms with Crippen LogP contribution in [0.3, 0.4) is 0 Å². The largest absolute Gasteiger partial charge is 0.341 e. The first-order valence-corrected chi connectivity index (χ1v) is 8.25. The van der Waals surface area contributed by atoms with Gasteiger partial charge in [-0.1, -0.05) is 31.9 Å². The van der Waals surface area contributed by atoms with Gasteiger partial charge in [0.2, 0.25) is 0 Å². The number of urea groups is 1. The molecule has 1 aromatic carbocycles. The van der Waals surface area contributed by atoms with E-state index in [1.54, 1.807) is 7.05 Å². The number of amides is 2. The molecule has 1 aromatic rings. The van der Waals surface area contributed by atoms with Crippen molar-refractivity contribution in [2.24, 2.45) is 0 Å². The van der Waals surface area contributed by atoms with Gasteiger partial charge < -0.3 is 10.6 Å². The van der Waals surface area contributed by atoms with E-state index in [2.05, 4.69) is 17.6 Å². The van der Waals surface area contributed by atoms with E-state index in [-0.39, 0.29) is 6.03 Å². The quantitative estimate of drug-likeness (QED) is 0.633. The Labute approximate surface area is 133 Å². The molecule has 2 amide bonds. The maximum atomic E-state index is 11.7. The summed E-state index contributed by atoms with van der Waals surface area (Å²) in [5.74, 6) is 0.401.